The highest BCUT2D eigenvalue weighted by atomic mass is 32.2. The molecule has 5 nitrogen and oxygen atoms in total. The van der Waals surface area contributed by atoms with Gasteiger partial charge in [0.1, 0.15) is 5.25 Å². The van der Waals surface area contributed by atoms with Crippen LogP contribution in [-0.2, 0) is 19.1 Å². The predicted molar refractivity (Wildman–Crippen MR) is 55.6 cm³/mol. The van der Waals surface area contributed by atoms with Crippen LogP contribution in [0.2, 0.25) is 0 Å². The van der Waals surface area contributed by atoms with E-state index in [0.29, 0.717) is 0 Å². The van der Waals surface area contributed by atoms with Crippen LogP contribution >= 0.6 is 0 Å². The van der Waals surface area contributed by atoms with Crippen LogP contribution in [0.25, 0.3) is 0 Å². The average molecular weight is 231 g/mol. The lowest BCUT2D eigenvalue weighted by molar-refractivity contribution is -0.118. The van der Waals surface area contributed by atoms with Gasteiger partial charge in [-0.1, -0.05) is 12.7 Å². The van der Waals surface area contributed by atoms with Gasteiger partial charge in [0.15, 0.2) is 0 Å². The first-order valence-corrected chi connectivity index (χ1v) is 5.78. The summed E-state index contributed by atoms with van der Waals surface area (Å²) >= 11 is 0. The van der Waals surface area contributed by atoms with E-state index in [4.69, 9.17) is 0 Å². The van der Waals surface area contributed by atoms with Gasteiger partial charge < -0.3 is 5.32 Å². The highest BCUT2D eigenvalue weighted by molar-refractivity contribution is 7.87. The Labute approximate surface area is 88.9 Å². The van der Waals surface area contributed by atoms with E-state index in [1.54, 1.807) is 6.92 Å². The highest BCUT2D eigenvalue weighted by Crippen LogP contribution is 2.28. The Kier molecular flexibility index (Phi) is 3.01. The van der Waals surface area contributed by atoms with Gasteiger partial charge in [0, 0.05) is 0 Å². The number of amides is 1. The van der Waals surface area contributed by atoms with Crippen molar-refractivity contribution >= 4 is 16.0 Å². The molecule has 0 saturated carbocycles. The zero-order valence-corrected chi connectivity index (χ0v) is 9.21. The largest absolute Gasteiger partial charge is 0.343 e. The minimum Gasteiger partial charge on any atom is -0.343 e. The molecule has 0 aromatic rings. The van der Waals surface area contributed by atoms with Crippen LogP contribution in [-0.4, -0.2) is 31.7 Å². The molecule has 1 N–H and O–H groups in total. The Morgan fingerprint density at radius 3 is 2.67 bits per heavy atom. The third-order valence-corrected chi connectivity index (χ3v) is 4.05. The molecule has 1 amide bonds. The summed E-state index contributed by atoms with van der Waals surface area (Å²) in [4.78, 5) is 11.1. The molecule has 1 rings (SSSR count). The SMILES string of the molecule is C=CC(=O)NC1(C)COS(=O)(=O)C1C=C. The number of rotatable bonds is 3. The fraction of sp³-hybridized carbons (Fsp3) is 0.444. The van der Waals surface area contributed by atoms with Gasteiger partial charge in [-0.15, -0.1) is 6.58 Å². The lowest BCUT2D eigenvalue weighted by atomic mass is 9.98. The van der Waals surface area contributed by atoms with Crippen LogP contribution in [0, 0.1) is 0 Å². The van der Waals surface area contributed by atoms with Gasteiger partial charge >= 0.3 is 0 Å². The third-order valence-electron chi connectivity index (χ3n) is 2.27. The molecule has 2 atom stereocenters. The van der Waals surface area contributed by atoms with E-state index in [9.17, 15) is 13.2 Å². The molecule has 6 heteroatoms. The number of carbonyl (C=O) groups excluding carboxylic acids is 1. The van der Waals surface area contributed by atoms with Crippen molar-refractivity contribution in [1.82, 2.24) is 5.32 Å². The molecule has 1 aliphatic heterocycles. The number of nitrogens with one attached hydrogen (secondary N) is 1. The Morgan fingerprint density at radius 2 is 2.20 bits per heavy atom. The summed E-state index contributed by atoms with van der Waals surface area (Å²) < 4.78 is 27.5. The first-order valence-electron chi connectivity index (χ1n) is 4.31. The van der Waals surface area contributed by atoms with Gasteiger partial charge in [0.25, 0.3) is 10.1 Å². The fourth-order valence-corrected chi connectivity index (χ4v) is 3.05. The number of carbonyl (C=O) groups is 1. The molecular formula is C9H13NO4S. The van der Waals surface area contributed by atoms with Crippen molar-refractivity contribution < 1.29 is 17.4 Å². The summed E-state index contributed by atoms with van der Waals surface area (Å²) in [7, 11) is -3.67. The molecule has 2 unspecified atom stereocenters. The second-order valence-corrected chi connectivity index (χ2v) is 5.25. The Morgan fingerprint density at radius 1 is 1.60 bits per heavy atom. The maximum Gasteiger partial charge on any atom is 0.276 e. The first-order chi connectivity index (χ1) is 6.85. The zero-order chi connectivity index (χ0) is 11.7. The van der Waals surface area contributed by atoms with Crippen molar-refractivity contribution in [3.63, 3.8) is 0 Å². The summed E-state index contributed by atoms with van der Waals surface area (Å²) in [6, 6.07) is 0. The molecule has 1 aliphatic rings. The Hall–Kier alpha value is -1.14. The second kappa shape index (κ2) is 3.79. The quantitative estimate of drug-likeness (QED) is 0.420. The van der Waals surface area contributed by atoms with Crippen molar-refractivity contribution in [3.05, 3.63) is 25.3 Å². The van der Waals surface area contributed by atoms with Crippen molar-refractivity contribution in [1.29, 1.82) is 0 Å². The van der Waals surface area contributed by atoms with Crippen molar-refractivity contribution in [2.24, 2.45) is 0 Å². The topological polar surface area (TPSA) is 72.5 Å². The Balaban J connectivity index is 3.00. The molecule has 1 saturated heterocycles. The smallest absolute Gasteiger partial charge is 0.276 e. The molecule has 0 aliphatic carbocycles. The van der Waals surface area contributed by atoms with Crippen molar-refractivity contribution in [2.75, 3.05) is 6.61 Å². The lowest BCUT2D eigenvalue weighted by Gasteiger charge is -2.26. The summed E-state index contributed by atoms with van der Waals surface area (Å²) in [5.41, 5.74) is -0.980. The molecule has 15 heavy (non-hydrogen) atoms. The molecular weight excluding hydrogens is 218 g/mol. The molecule has 0 aromatic carbocycles. The van der Waals surface area contributed by atoms with Crippen LogP contribution in [0.15, 0.2) is 25.3 Å². The molecule has 0 bridgehead atoms. The third kappa shape index (κ3) is 2.10. The van der Waals surface area contributed by atoms with Crippen LogP contribution in [0.5, 0.6) is 0 Å². The van der Waals surface area contributed by atoms with E-state index in [1.807, 2.05) is 0 Å². The molecule has 0 spiro atoms. The normalized spacial score (nSPS) is 33.3. The minimum atomic E-state index is -3.67. The predicted octanol–water partition coefficient (Wildman–Crippen LogP) is -0.0381. The van der Waals surface area contributed by atoms with E-state index >= 15 is 0 Å². The summed E-state index contributed by atoms with van der Waals surface area (Å²) in [5.74, 6) is -0.440. The Bertz CT molecular complexity index is 400. The minimum absolute atomic E-state index is 0.0917. The molecule has 0 radical (unpaired) electrons. The van der Waals surface area contributed by atoms with E-state index < -0.39 is 26.8 Å². The molecule has 1 fully saturated rings. The standard InChI is InChI=1S/C9H13NO4S/c1-4-7-9(3,10-8(11)5-2)6-14-15(7,12)13/h4-5,7H,1-2,6H2,3H3,(H,10,11). The molecule has 84 valence electrons. The van der Waals surface area contributed by atoms with Gasteiger partial charge in [-0.05, 0) is 13.0 Å². The van der Waals surface area contributed by atoms with Crippen molar-refractivity contribution in [2.45, 2.75) is 17.7 Å². The summed E-state index contributed by atoms with van der Waals surface area (Å²) in [6.07, 6.45) is 2.34. The fourth-order valence-electron chi connectivity index (χ4n) is 1.50. The zero-order valence-electron chi connectivity index (χ0n) is 8.39. The van der Waals surface area contributed by atoms with Gasteiger partial charge in [0.2, 0.25) is 5.91 Å². The van der Waals surface area contributed by atoms with Crippen LogP contribution in [0.1, 0.15) is 6.92 Å². The van der Waals surface area contributed by atoms with E-state index in [1.165, 1.54) is 6.08 Å². The average Bonchev–Trinajstić information content (AvgIpc) is 2.37. The van der Waals surface area contributed by atoms with E-state index in [0.717, 1.165) is 6.08 Å². The summed E-state index contributed by atoms with van der Waals surface area (Å²) in [5, 5.41) is 1.59. The highest BCUT2D eigenvalue weighted by Gasteiger charge is 2.49. The molecule has 0 aromatic heterocycles. The van der Waals surface area contributed by atoms with Crippen LogP contribution in [0.4, 0.5) is 0 Å². The van der Waals surface area contributed by atoms with Gasteiger partial charge in [0.05, 0.1) is 12.1 Å². The van der Waals surface area contributed by atoms with Gasteiger partial charge in [-0.3, -0.25) is 8.98 Å². The number of hydrogen-bond acceptors (Lipinski definition) is 4. The van der Waals surface area contributed by atoms with Crippen molar-refractivity contribution in [3.8, 4) is 0 Å². The van der Waals surface area contributed by atoms with E-state index in [-0.39, 0.29) is 6.61 Å². The molecule has 1 heterocycles. The summed E-state index contributed by atoms with van der Waals surface area (Å²) in [6.45, 7) is 8.22. The van der Waals surface area contributed by atoms with Crippen LogP contribution in [0.3, 0.4) is 0 Å². The lowest BCUT2D eigenvalue weighted by Crippen LogP contribution is -2.53. The number of hydrogen-bond donors (Lipinski definition) is 1. The van der Waals surface area contributed by atoms with Crippen LogP contribution < -0.4 is 5.32 Å². The van der Waals surface area contributed by atoms with Gasteiger partial charge in [-0.2, -0.15) is 8.42 Å². The van der Waals surface area contributed by atoms with Gasteiger partial charge in [-0.25, -0.2) is 0 Å². The monoisotopic (exact) mass is 231 g/mol. The maximum absolute atomic E-state index is 11.4. The maximum atomic E-state index is 11.4. The first kappa shape index (κ1) is 11.9. The second-order valence-electron chi connectivity index (χ2n) is 3.52. The van der Waals surface area contributed by atoms with E-state index in [2.05, 4.69) is 22.7 Å².